The van der Waals surface area contributed by atoms with E-state index in [0.717, 1.165) is 0 Å². The zero-order valence-corrected chi connectivity index (χ0v) is 18.7. The lowest BCUT2D eigenvalue weighted by Gasteiger charge is -2.53. The van der Waals surface area contributed by atoms with Crippen LogP contribution in [0.2, 0.25) is 0 Å². The maximum Gasteiger partial charge on any atom is 0.420 e. The molecule has 2 saturated heterocycles. The number of esters is 1. The van der Waals surface area contributed by atoms with Crippen LogP contribution in [0.4, 0.5) is 4.79 Å². The molecule has 176 valence electrons. The number of hydrogen-bond donors (Lipinski definition) is 0. The number of ether oxygens (including phenoxy) is 5. The number of carbonyl (C=O) groups excluding carboxylic acids is 3. The molecular weight excluding hydrogens is 432 g/mol. The lowest BCUT2D eigenvalue weighted by Crippen LogP contribution is -2.71. The third-order valence-corrected chi connectivity index (χ3v) is 5.89. The molecular formula is C23H26N2O8. The van der Waals surface area contributed by atoms with Crippen LogP contribution in [0, 0.1) is 0 Å². The summed E-state index contributed by atoms with van der Waals surface area (Å²) in [6.45, 7) is 1.74. The van der Waals surface area contributed by atoms with Crippen LogP contribution in [0.25, 0.3) is 0 Å². The van der Waals surface area contributed by atoms with Gasteiger partial charge < -0.3 is 28.6 Å². The van der Waals surface area contributed by atoms with Gasteiger partial charge in [0.05, 0.1) is 52.4 Å². The smallest absolute Gasteiger partial charge is 0.420 e. The van der Waals surface area contributed by atoms with Crippen molar-refractivity contribution in [3.05, 3.63) is 53.4 Å². The number of rotatable bonds is 4. The Balaban J connectivity index is 1.94. The Morgan fingerprint density at radius 1 is 1.21 bits per heavy atom. The van der Waals surface area contributed by atoms with E-state index in [0.29, 0.717) is 22.8 Å². The summed E-state index contributed by atoms with van der Waals surface area (Å²) in [7, 11) is 2.79. The molecule has 4 rings (SSSR count). The molecule has 3 aliphatic heterocycles. The zero-order chi connectivity index (χ0) is 23.6. The highest BCUT2D eigenvalue weighted by Crippen LogP contribution is 2.45. The number of allylic oxidation sites excluding steroid dienone is 2. The molecule has 1 unspecified atom stereocenters. The summed E-state index contributed by atoms with van der Waals surface area (Å²) >= 11 is 0. The Kier molecular flexibility index (Phi) is 6.39. The normalized spacial score (nSPS) is 23.5. The second-order valence-corrected chi connectivity index (χ2v) is 7.79. The molecule has 1 aromatic carbocycles. The van der Waals surface area contributed by atoms with Crippen LogP contribution < -0.4 is 4.74 Å². The van der Waals surface area contributed by atoms with Crippen LogP contribution in [0.15, 0.2) is 47.9 Å². The fraction of sp³-hybridized carbons (Fsp3) is 0.435. The topological polar surface area (TPSA) is 104 Å². The minimum Gasteiger partial charge on any atom is -0.497 e. The summed E-state index contributed by atoms with van der Waals surface area (Å²) in [5, 5.41) is 0. The molecule has 3 heterocycles. The van der Waals surface area contributed by atoms with Crippen molar-refractivity contribution in [2.45, 2.75) is 18.5 Å². The molecule has 2 amide bonds. The van der Waals surface area contributed by atoms with E-state index in [-0.39, 0.29) is 33.0 Å². The maximum atomic E-state index is 14.0. The van der Waals surface area contributed by atoms with Gasteiger partial charge in [0.2, 0.25) is 0 Å². The second kappa shape index (κ2) is 9.24. The van der Waals surface area contributed by atoms with Crippen molar-refractivity contribution in [2.75, 3.05) is 47.2 Å². The van der Waals surface area contributed by atoms with E-state index in [1.165, 1.54) is 24.0 Å². The van der Waals surface area contributed by atoms with Gasteiger partial charge in [0, 0.05) is 6.08 Å². The summed E-state index contributed by atoms with van der Waals surface area (Å²) in [6.07, 6.45) is 2.63. The molecule has 10 heteroatoms. The van der Waals surface area contributed by atoms with Crippen molar-refractivity contribution in [1.29, 1.82) is 0 Å². The first-order valence-corrected chi connectivity index (χ1v) is 10.5. The SMILES string of the molecule is C/C=C1/C=C2C(c3cccc(OC)c3)N(CC(=O)OC)C(=O)C3(COCCOC3)N2C(=O)O1. The fourth-order valence-electron chi connectivity index (χ4n) is 4.32. The first-order chi connectivity index (χ1) is 15.9. The first kappa shape index (κ1) is 22.8. The van der Waals surface area contributed by atoms with Gasteiger partial charge >= 0.3 is 12.1 Å². The predicted octanol–water partition coefficient (Wildman–Crippen LogP) is 1.78. The highest BCUT2D eigenvalue weighted by Gasteiger charge is 2.60. The van der Waals surface area contributed by atoms with Gasteiger partial charge in [-0.1, -0.05) is 12.1 Å². The Morgan fingerprint density at radius 3 is 2.58 bits per heavy atom. The van der Waals surface area contributed by atoms with Crippen molar-refractivity contribution in [1.82, 2.24) is 9.80 Å². The monoisotopic (exact) mass is 458 g/mol. The molecule has 33 heavy (non-hydrogen) atoms. The van der Waals surface area contributed by atoms with E-state index in [2.05, 4.69) is 0 Å². The van der Waals surface area contributed by atoms with Crippen molar-refractivity contribution < 1.29 is 38.1 Å². The van der Waals surface area contributed by atoms with Gasteiger partial charge in [-0.2, -0.15) is 0 Å². The number of nitrogens with zero attached hydrogens (tertiary/aromatic N) is 2. The highest BCUT2D eigenvalue weighted by molar-refractivity contribution is 5.96. The van der Waals surface area contributed by atoms with Crippen molar-refractivity contribution >= 4 is 18.0 Å². The summed E-state index contributed by atoms with van der Waals surface area (Å²) in [5.41, 5.74) is -0.411. The molecule has 0 N–H and O–H groups in total. The molecule has 1 spiro atoms. The van der Waals surface area contributed by atoms with Crippen LogP contribution >= 0.6 is 0 Å². The van der Waals surface area contributed by atoms with Gasteiger partial charge in [0.25, 0.3) is 5.91 Å². The van der Waals surface area contributed by atoms with Gasteiger partial charge in [-0.3, -0.25) is 14.5 Å². The minimum absolute atomic E-state index is 0.105. The van der Waals surface area contributed by atoms with Gasteiger partial charge in [0.15, 0.2) is 5.54 Å². The Hall–Kier alpha value is -3.37. The van der Waals surface area contributed by atoms with Crippen LogP contribution in [-0.2, 0) is 28.5 Å². The third-order valence-electron chi connectivity index (χ3n) is 5.89. The fourth-order valence-corrected chi connectivity index (χ4v) is 4.32. The second-order valence-electron chi connectivity index (χ2n) is 7.79. The average Bonchev–Trinajstić information content (AvgIpc) is 3.08. The first-order valence-electron chi connectivity index (χ1n) is 10.5. The van der Waals surface area contributed by atoms with E-state index in [1.54, 1.807) is 43.3 Å². The van der Waals surface area contributed by atoms with Crippen LogP contribution in [0.1, 0.15) is 18.5 Å². The zero-order valence-electron chi connectivity index (χ0n) is 18.7. The molecule has 1 aromatic rings. The van der Waals surface area contributed by atoms with Crippen LogP contribution in [0.3, 0.4) is 0 Å². The van der Waals surface area contributed by atoms with E-state index in [4.69, 9.17) is 23.7 Å². The van der Waals surface area contributed by atoms with E-state index >= 15 is 0 Å². The Labute approximate surface area is 191 Å². The molecule has 10 nitrogen and oxygen atoms in total. The number of carbonyl (C=O) groups is 3. The number of fused-ring (bicyclic) bond motifs is 2. The van der Waals surface area contributed by atoms with Gasteiger partial charge in [-0.25, -0.2) is 4.79 Å². The molecule has 2 fully saturated rings. The molecule has 0 saturated carbocycles. The van der Waals surface area contributed by atoms with Crippen molar-refractivity contribution in [2.24, 2.45) is 0 Å². The summed E-state index contributed by atoms with van der Waals surface area (Å²) in [4.78, 5) is 42.3. The quantitative estimate of drug-likeness (QED) is 0.629. The van der Waals surface area contributed by atoms with Crippen molar-refractivity contribution in [3.63, 3.8) is 0 Å². The summed E-state index contributed by atoms with van der Waals surface area (Å²) in [5.74, 6) is -0.200. The molecule has 1 atom stereocenters. The average molecular weight is 458 g/mol. The van der Waals surface area contributed by atoms with Gasteiger partial charge in [-0.05, 0) is 30.7 Å². The lowest BCUT2D eigenvalue weighted by atomic mass is 9.86. The number of amides is 2. The predicted molar refractivity (Wildman–Crippen MR) is 114 cm³/mol. The van der Waals surface area contributed by atoms with E-state index in [1.807, 2.05) is 0 Å². The third kappa shape index (κ3) is 3.96. The summed E-state index contributed by atoms with van der Waals surface area (Å²) in [6, 6.07) is 6.32. The molecule has 0 radical (unpaired) electrons. The maximum absolute atomic E-state index is 14.0. The van der Waals surface area contributed by atoms with Gasteiger partial charge in [0.1, 0.15) is 18.1 Å². The van der Waals surface area contributed by atoms with Gasteiger partial charge in [-0.15, -0.1) is 0 Å². The standard InChI is InChI=1S/C23H26N2O8/c1-4-16-11-18-20(15-6-5-7-17(10-15)29-2)24(12-19(26)30-3)21(27)23(25(18)22(28)33-16)13-31-8-9-32-14-23/h4-7,10-11,20H,8-9,12-14H2,1-3H3/b16-4-. The number of cyclic esters (lactones) is 1. The summed E-state index contributed by atoms with van der Waals surface area (Å²) < 4.78 is 27.0. The van der Waals surface area contributed by atoms with Crippen LogP contribution in [-0.4, -0.2) is 80.5 Å². The van der Waals surface area contributed by atoms with Crippen LogP contribution in [0.5, 0.6) is 5.75 Å². The molecule has 3 aliphatic rings. The van der Waals surface area contributed by atoms with Crippen molar-refractivity contribution in [3.8, 4) is 5.75 Å². The number of benzene rings is 1. The minimum atomic E-state index is -1.53. The lowest BCUT2D eigenvalue weighted by molar-refractivity contribution is -0.163. The number of methoxy groups -OCH3 is 2. The van der Waals surface area contributed by atoms with E-state index in [9.17, 15) is 14.4 Å². The number of hydrogen-bond acceptors (Lipinski definition) is 8. The Bertz CT molecular complexity index is 1010. The molecule has 0 aliphatic carbocycles. The largest absolute Gasteiger partial charge is 0.497 e. The molecule has 0 bridgehead atoms. The van der Waals surface area contributed by atoms with E-state index < -0.39 is 29.6 Å². The number of piperazine rings is 1. The highest BCUT2D eigenvalue weighted by atomic mass is 16.6. The molecule has 0 aromatic heterocycles. The Morgan fingerprint density at radius 2 is 1.94 bits per heavy atom.